The molecule has 5 atom stereocenters. The van der Waals surface area contributed by atoms with E-state index in [1.807, 2.05) is 12.1 Å². The summed E-state index contributed by atoms with van der Waals surface area (Å²) in [6.07, 6.45) is 7.35. The summed E-state index contributed by atoms with van der Waals surface area (Å²) >= 11 is 0. The Morgan fingerprint density at radius 2 is 1.51 bits per heavy atom. The maximum Gasteiger partial charge on any atom is 0.466 e. The summed E-state index contributed by atoms with van der Waals surface area (Å²) in [6, 6.07) is 18.6. The van der Waals surface area contributed by atoms with Crippen LogP contribution in [0.4, 0.5) is 4.79 Å². The van der Waals surface area contributed by atoms with E-state index in [1.165, 1.54) is 48.1 Å². The van der Waals surface area contributed by atoms with Crippen LogP contribution in [0.15, 0.2) is 94.8 Å². The predicted molar refractivity (Wildman–Crippen MR) is 253 cm³/mol. The Labute approximate surface area is 405 Å². The minimum atomic E-state index is -4.64. The summed E-state index contributed by atoms with van der Waals surface area (Å²) in [4.78, 5) is 107. The van der Waals surface area contributed by atoms with Crippen LogP contribution < -0.4 is 36.1 Å². The van der Waals surface area contributed by atoms with Crippen molar-refractivity contribution in [3.05, 3.63) is 128 Å². The quantitative estimate of drug-likeness (QED) is 0.0432. The van der Waals surface area contributed by atoms with E-state index >= 15 is 0 Å². The molecule has 2 aliphatic carbocycles. The molecular formula is C47H54N7O16P. The average Bonchev–Trinajstić information content (AvgIpc) is 3.88. The van der Waals surface area contributed by atoms with Crippen LogP contribution >= 0.6 is 7.82 Å². The number of aryl methyl sites for hydroxylation is 2. The van der Waals surface area contributed by atoms with E-state index < -0.39 is 49.1 Å². The highest BCUT2D eigenvalue weighted by Gasteiger charge is 2.64. The number of piperidine rings is 1. The highest BCUT2D eigenvalue weighted by atomic mass is 31.2. The molecule has 2 fully saturated rings. The van der Waals surface area contributed by atoms with Gasteiger partial charge in [-0.2, -0.15) is 0 Å². The van der Waals surface area contributed by atoms with Gasteiger partial charge in [-0.25, -0.2) is 23.9 Å². The van der Waals surface area contributed by atoms with Gasteiger partial charge in [0.15, 0.2) is 28.1 Å². The molecule has 5 aliphatic rings. The molecule has 3 aromatic carbocycles. The monoisotopic (exact) mass is 1000 g/mol. The Bertz CT molecular complexity index is 3060. The minimum absolute atomic E-state index is 0.0160. The van der Waals surface area contributed by atoms with Crippen molar-refractivity contribution >= 4 is 48.8 Å². The third kappa shape index (κ3) is 10.3. The van der Waals surface area contributed by atoms with Gasteiger partial charge in [-0.05, 0) is 62.2 Å². The van der Waals surface area contributed by atoms with E-state index in [9.17, 15) is 38.7 Å². The number of imide groups is 2. The number of rotatable bonds is 5. The van der Waals surface area contributed by atoms with Crippen LogP contribution in [-0.2, 0) is 57.3 Å². The van der Waals surface area contributed by atoms with Crippen molar-refractivity contribution in [2.24, 2.45) is 27.1 Å². The highest BCUT2D eigenvalue weighted by molar-refractivity contribution is 7.45. The molecule has 24 heteroatoms. The Hall–Kier alpha value is -7.27. The number of fused-ring (bicyclic) bond motifs is 1. The molecule has 7 N–H and O–H groups in total. The van der Waals surface area contributed by atoms with Crippen LogP contribution in [0.5, 0.6) is 17.2 Å². The van der Waals surface area contributed by atoms with E-state index in [1.54, 1.807) is 75.2 Å². The number of carboxylic acids is 1. The van der Waals surface area contributed by atoms with Gasteiger partial charge in [-0.15, -0.1) is 0 Å². The van der Waals surface area contributed by atoms with Crippen LogP contribution in [0.25, 0.3) is 11.2 Å². The van der Waals surface area contributed by atoms with Gasteiger partial charge < -0.3 is 48.6 Å². The van der Waals surface area contributed by atoms with Crippen molar-refractivity contribution in [1.29, 1.82) is 0 Å². The first-order valence-electron chi connectivity index (χ1n) is 21.9. The maximum absolute atomic E-state index is 12.0. The number of hydrogen-bond donors (Lipinski definition) is 7. The molecular weight excluding hydrogens is 950 g/mol. The number of carboxylic acid groups (broad SMARTS) is 1. The molecule has 10 rings (SSSR count). The number of esters is 1. The second kappa shape index (κ2) is 21.0. The fourth-order valence-electron chi connectivity index (χ4n) is 9.81. The Kier molecular flexibility index (Phi) is 15.7. The number of para-hydroxylation sites is 1. The third-order valence-electron chi connectivity index (χ3n) is 13.1. The molecule has 4 amide bonds. The van der Waals surface area contributed by atoms with Gasteiger partial charge in [0.1, 0.15) is 23.5 Å². The lowest BCUT2D eigenvalue weighted by Crippen LogP contribution is -2.64. The van der Waals surface area contributed by atoms with Gasteiger partial charge in [-0.1, -0.05) is 67.6 Å². The number of carbonyl (C=O) groups is 5. The van der Waals surface area contributed by atoms with Crippen molar-refractivity contribution in [3.8, 4) is 17.2 Å². The van der Waals surface area contributed by atoms with Crippen LogP contribution in [-0.4, -0.2) is 117 Å². The number of nitrogens with one attached hydrogen (secondary N) is 2. The molecule has 378 valence electrons. The van der Waals surface area contributed by atoms with Crippen molar-refractivity contribution in [2.45, 2.75) is 62.2 Å². The second-order valence-electron chi connectivity index (χ2n) is 17.1. The zero-order valence-electron chi connectivity index (χ0n) is 39.6. The van der Waals surface area contributed by atoms with E-state index in [4.69, 9.17) is 33.8 Å². The summed E-state index contributed by atoms with van der Waals surface area (Å²) in [7, 11) is 4.04. The number of aromatic carboxylic acids is 1. The maximum atomic E-state index is 12.0. The topological polar surface area (TPSA) is 320 Å². The number of aliphatic hydroxyl groups is 1. The first-order chi connectivity index (χ1) is 33.4. The SMILES string of the molecule is CC(=O)Oc1ccccc1C(=O)O.CCC1(c2ccccc2)C(=O)NC(=O)NC1=O.COc1ccc2c3c1O[C@H]1[C@@H](O)C=C[C@H]4[C@@H](C2)N(C)CC[C@@]341.Cn1c(=O)c2c(ncn2C)n(C)c1=O.O=P(O)(O)O. The second-order valence-corrected chi connectivity index (χ2v) is 18.1. The Morgan fingerprint density at radius 1 is 0.887 bits per heavy atom. The first-order valence-corrected chi connectivity index (χ1v) is 23.5. The number of amides is 4. The summed E-state index contributed by atoms with van der Waals surface area (Å²) in [6.45, 7) is 4.01. The molecule has 0 unspecified atom stereocenters. The number of hydrogen-bond acceptors (Lipinski definition) is 14. The minimum Gasteiger partial charge on any atom is -0.493 e. The van der Waals surface area contributed by atoms with Gasteiger partial charge in [0, 0.05) is 51.0 Å². The Balaban J connectivity index is 0.000000153. The van der Waals surface area contributed by atoms with Crippen LogP contribution in [0.2, 0.25) is 0 Å². The highest BCUT2D eigenvalue weighted by Crippen LogP contribution is 2.62. The largest absolute Gasteiger partial charge is 0.493 e. The van der Waals surface area contributed by atoms with Gasteiger partial charge in [0.2, 0.25) is 11.8 Å². The number of urea groups is 1. The number of nitrogens with zero attached hydrogens (tertiary/aromatic N) is 5. The third-order valence-corrected chi connectivity index (χ3v) is 13.1. The van der Waals surface area contributed by atoms with Crippen molar-refractivity contribution in [2.75, 3.05) is 20.7 Å². The van der Waals surface area contributed by atoms with Crippen molar-refractivity contribution in [3.63, 3.8) is 0 Å². The first kappa shape index (κ1) is 53.1. The summed E-state index contributed by atoms with van der Waals surface area (Å²) in [5.41, 5.74) is 2.04. The fraction of sp³-hybridized carbons (Fsp3) is 0.362. The predicted octanol–water partition coefficient (Wildman–Crippen LogP) is 1.55. The van der Waals surface area contributed by atoms with Gasteiger partial charge in [0.25, 0.3) is 5.56 Å². The summed E-state index contributed by atoms with van der Waals surface area (Å²) < 4.78 is 29.4. The molecule has 0 radical (unpaired) electrons. The number of methoxy groups -OCH3 is 1. The van der Waals surface area contributed by atoms with E-state index in [0.717, 1.165) is 35.5 Å². The van der Waals surface area contributed by atoms with Crippen molar-refractivity contribution in [1.82, 2.24) is 34.2 Å². The van der Waals surface area contributed by atoms with Crippen LogP contribution in [0, 0.1) is 5.92 Å². The van der Waals surface area contributed by atoms with E-state index in [-0.39, 0.29) is 34.1 Å². The number of aromatic nitrogens is 4. The number of barbiturate groups is 1. The average molecular weight is 1000 g/mol. The number of likely N-dealkylation sites (N-methyl/N-ethyl adjacent to an activating group) is 1. The van der Waals surface area contributed by atoms with Gasteiger partial charge in [-0.3, -0.25) is 38.9 Å². The number of ether oxygens (including phenoxy) is 3. The molecule has 23 nitrogen and oxygen atoms in total. The van der Waals surface area contributed by atoms with E-state index in [0.29, 0.717) is 35.1 Å². The molecule has 71 heavy (non-hydrogen) atoms. The van der Waals surface area contributed by atoms with Gasteiger partial charge in [0.05, 0.1) is 13.4 Å². The molecule has 2 saturated heterocycles. The summed E-state index contributed by atoms with van der Waals surface area (Å²) in [5.74, 6) is -0.625. The molecule has 1 spiro atoms. The normalized spacial score (nSPS) is 21.9. The lowest BCUT2D eigenvalue weighted by Gasteiger charge is -2.56. The molecule has 5 aromatic rings. The number of phosphoric acid groups is 1. The molecule has 5 heterocycles. The fourth-order valence-corrected chi connectivity index (χ4v) is 9.81. The number of aliphatic hydroxyl groups excluding tert-OH is 1. The Morgan fingerprint density at radius 3 is 2.10 bits per heavy atom. The van der Waals surface area contributed by atoms with E-state index in [2.05, 4.69) is 44.4 Å². The van der Waals surface area contributed by atoms with Crippen LogP contribution in [0.1, 0.15) is 53.7 Å². The molecule has 3 aliphatic heterocycles. The molecule has 0 saturated carbocycles. The number of imidazole rings is 1. The smallest absolute Gasteiger partial charge is 0.466 e. The van der Waals surface area contributed by atoms with Crippen molar-refractivity contribution < 1.29 is 67.6 Å². The van der Waals surface area contributed by atoms with Gasteiger partial charge >= 0.3 is 31.5 Å². The lowest BCUT2D eigenvalue weighted by molar-refractivity contribution is -0.139. The summed E-state index contributed by atoms with van der Waals surface area (Å²) in [5, 5.41) is 23.5. The zero-order chi connectivity index (χ0) is 52.3. The molecule has 2 aromatic heterocycles. The number of likely N-dealkylation sites (tertiary alicyclic amines) is 1. The van der Waals surface area contributed by atoms with Crippen LogP contribution in [0.3, 0.4) is 0 Å². The lowest BCUT2D eigenvalue weighted by atomic mass is 9.53. The number of benzene rings is 3. The standard InChI is InChI=1S/C18H21NO3.C12H12N2O3.C9H8O4.C8H10N4O2.H3O4P/c1-19-8-7-18-11-4-5-13(20)17(18)22-16-14(21-2)6-3-10(15(16)18)9-12(11)19;1-2-12(8-6-4-3-5-7-8)9(15)13-11(17)14-10(12)16;1-6(10)13-8-5-3-2-4-7(8)9(11)12;1-10-4-9-6-5(10)7(13)12(3)8(14)11(6)2;1-5(2,3)4/h3-6,11-13,17,20H,7-9H2,1-2H3;3-7H,2H2,1H3,(H2,13,14,15,16,17);2-5H,1H3,(H,11,12);4H,1-3H3;(H3,1,2,3,4)/t11-,12+,13-,17-,18-;;;;/m0..../s1. The zero-order valence-corrected chi connectivity index (χ0v) is 40.5. The number of carbonyl (C=O) groups excluding carboxylic acids is 4. The molecule has 2 bridgehead atoms.